The molecular weight excluding hydrogens is 451 g/mol. The van der Waals surface area contributed by atoms with Gasteiger partial charge in [-0.25, -0.2) is 9.37 Å². The summed E-state index contributed by atoms with van der Waals surface area (Å²) in [5.41, 5.74) is 2.40. The Kier molecular flexibility index (Phi) is 7.41. The molecule has 0 unspecified atom stereocenters. The quantitative estimate of drug-likeness (QED) is 0.426. The van der Waals surface area contributed by atoms with Crippen molar-refractivity contribution in [1.29, 1.82) is 0 Å². The number of nitrogens with one attached hydrogen (secondary N) is 1. The minimum absolute atomic E-state index is 0.0928. The molecule has 0 aliphatic heterocycles. The van der Waals surface area contributed by atoms with E-state index in [4.69, 9.17) is 9.47 Å². The zero-order chi connectivity index (χ0) is 24.9. The number of carbonyl (C=O) groups is 2. The fourth-order valence-electron chi connectivity index (χ4n) is 3.55. The number of methoxy groups -OCH3 is 1. The Morgan fingerprint density at radius 2 is 1.91 bits per heavy atom. The lowest BCUT2D eigenvalue weighted by molar-refractivity contribution is 0.0902. The number of ketones is 1. The van der Waals surface area contributed by atoms with Crippen LogP contribution in [0.5, 0.6) is 11.5 Å². The fourth-order valence-corrected chi connectivity index (χ4v) is 3.55. The monoisotopic (exact) mass is 478 g/mol. The van der Waals surface area contributed by atoms with Gasteiger partial charge in [0.2, 0.25) is 0 Å². The van der Waals surface area contributed by atoms with E-state index >= 15 is 0 Å². The van der Waals surface area contributed by atoms with E-state index in [2.05, 4.69) is 10.3 Å². The van der Waals surface area contributed by atoms with Crippen LogP contribution in [0.3, 0.4) is 0 Å². The molecule has 0 spiro atoms. The van der Waals surface area contributed by atoms with Crippen LogP contribution in [0.4, 0.5) is 4.39 Å². The molecule has 1 aliphatic rings. The van der Waals surface area contributed by atoms with E-state index in [1.165, 1.54) is 19.2 Å². The van der Waals surface area contributed by atoms with Crippen LogP contribution in [0.25, 0.3) is 11.3 Å². The molecule has 182 valence electrons. The van der Waals surface area contributed by atoms with Crippen molar-refractivity contribution in [3.05, 3.63) is 76.7 Å². The molecule has 0 saturated heterocycles. The number of benzene rings is 2. The van der Waals surface area contributed by atoms with Crippen LogP contribution in [0.15, 0.2) is 48.5 Å². The van der Waals surface area contributed by atoms with Crippen LogP contribution in [0.1, 0.15) is 44.8 Å². The van der Waals surface area contributed by atoms with Gasteiger partial charge < -0.3 is 19.9 Å². The number of aliphatic hydroxyl groups excluding tert-OH is 1. The van der Waals surface area contributed by atoms with Gasteiger partial charge in [0.25, 0.3) is 5.91 Å². The van der Waals surface area contributed by atoms with Crippen LogP contribution in [-0.4, -0.2) is 42.0 Å². The molecule has 1 aliphatic carbocycles. The van der Waals surface area contributed by atoms with Gasteiger partial charge in [0.05, 0.1) is 32.6 Å². The number of halogens is 1. The minimum atomic E-state index is -0.446. The van der Waals surface area contributed by atoms with E-state index in [1.807, 2.05) is 0 Å². The van der Waals surface area contributed by atoms with Crippen molar-refractivity contribution >= 4 is 11.7 Å². The van der Waals surface area contributed by atoms with E-state index in [1.54, 1.807) is 43.3 Å². The normalized spacial score (nSPS) is 12.8. The van der Waals surface area contributed by atoms with Crippen molar-refractivity contribution in [3.63, 3.8) is 0 Å². The third-order valence-corrected chi connectivity index (χ3v) is 5.81. The number of hydrogen-bond donors (Lipinski definition) is 2. The second kappa shape index (κ2) is 10.7. The summed E-state index contributed by atoms with van der Waals surface area (Å²) >= 11 is 0. The maximum atomic E-state index is 13.7. The van der Waals surface area contributed by atoms with Crippen molar-refractivity contribution in [3.8, 4) is 22.8 Å². The number of amides is 1. The molecule has 0 bridgehead atoms. The fraction of sp³-hybridized carbons (Fsp3) is 0.296. The van der Waals surface area contributed by atoms with Crippen molar-refractivity contribution < 1.29 is 28.6 Å². The molecule has 1 amide bonds. The van der Waals surface area contributed by atoms with E-state index in [0.717, 1.165) is 12.8 Å². The molecule has 2 N–H and O–H groups in total. The van der Waals surface area contributed by atoms with Crippen LogP contribution < -0.4 is 14.8 Å². The van der Waals surface area contributed by atoms with Gasteiger partial charge in [0.1, 0.15) is 11.5 Å². The maximum Gasteiger partial charge on any atom is 0.251 e. The van der Waals surface area contributed by atoms with E-state index < -0.39 is 11.7 Å². The molecule has 1 heterocycles. The van der Waals surface area contributed by atoms with Crippen LogP contribution in [-0.2, 0) is 6.61 Å². The van der Waals surface area contributed by atoms with E-state index in [-0.39, 0.29) is 24.7 Å². The lowest BCUT2D eigenvalue weighted by atomic mass is 10.0. The zero-order valence-corrected chi connectivity index (χ0v) is 19.6. The average molecular weight is 479 g/mol. The van der Waals surface area contributed by atoms with Crippen LogP contribution >= 0.6 is 0 Å². The molecule has 1 aromatic heterocycles. The number of pyridine rings is 1. The van der Waals surface area contributed by atoms with Crippen molar-refractivity contribution in [2.24, 2.45) is 5.92 Å². The summed E-state index contributed by atoms with van der Waals surface area (Å²) in [6.45, 7) is 1.68. The highest BCUT2D eigenvalue weighted by atomic mass is 19.1. The van der Waals surface area contributed by atoms with E-state index in [9.17, 15) is 19.1 Å². The van der Waals surface area contributed by atoms with Gasteiger partial charge in [-0.05, 0) is 85.3 Å². The van der Waals surface area contributed by atoms with Gasteiger partial charge in [-0.2, -0.15) is 0 Å². The minimum Gasteiger partial charge on any atom is -0.493 e. The maximum absolute atomic E-state index is 13.7. The Morgan fingerprint density at radius 3 is 2.60 bits per heavy atom. The summed E-state index contributed by atoms with van der Waals surface area (Å²) < 4.78 is 24.8. The predicted molar refractivity (Wildman–Crippen MR) is 128 cm³/mol. The molecule has 0 atom stereocenters. The van der Waals surface area contributed by atoms with Crippen molar-refractivity contribution in [1.82, 2.24) is 10.3 Å². The molecular formula is C27H27FN2O5. The lowest BCUT2D eigenvalue weighted by Gasteiger charge is -2.12. The summed E-state index contributed by atoms with van der Waals surface area (Å²) in [6, 6.07) is 12.5. The number of aromatic nitrogens is 1. The first-order valence-electron chi connectivity index (χ1n) is 11.4. The number of carbonyl (C=O) groups excluding carboxylic acids is 2. The molecule has 2 aromatic carbocycles. The molecule has 0 radical (unpaired) electrons. The van der Waals surface area contributed by atoms with Gasteiger partial charge in [-0.15, -0.1) is 0 Å². The lowest BCUT2D eigenvalue weighted by Crippen LogP contribution is -2.30. The summed E-state index contributed by atoms with van der Waals surface area (Å²) in [5, 5.41) is 12.2. The third-order valence-electron chi connectivity index (χ3n) is 5.81. The van der Waals surface area contributed by atoms with Gasteiger partial charge in [0.15, 0.2) is 17.3 Å². The number of hydrogen-bond acceptors (Lipinski definition) is 6. The molecule has 3 aromatic rings. The third kappa shape index (κ3) is 6.02. The first-order valence-corrected chi connectivity index (χ1v) is 11.4. The highest BCUT2D eigenvalue weighted by molar-refractivity contribution is 6.01. The Bertz CT molecular complexity index is 1260. The Morgan fingerprint density at radius 1 is 1.11 bits per heavy atom. The Hall–Kier alpha value is -3.78. The summed E-state index contributed by atoms with van der Waals surface area (Å²) in [5.74, 6) is 0.384. The molecule has 35 heavy (non-hydrogen) atoms. The highest BCUT2D eigenvalue weighted by Crippen LogP contribution is 2.33. The summed E-state index contributed by atoms with van der Waals surface area (Å²) in [4.78, 5) is 29.9. The Balaban J connectivity index is 1.45. The largest absolute Gasteiger partial charge is 0.493 e. The second-order valence-electron chi connectivity index (χ2n) is 8.59. The summed E-state index contributed by atoms with van der Waals surface area (Å²) in [6.07, 6.45) is 2.33. The van der Waals surface area contributed by atoms with Gasteiger partial charge >= 0.3 is 0 Å². The van der Waals surface area contributed by atoms with E-state index in [0.29, 0.717) is 52.0 Å². The molecule has 7 nitrogen and oxygen atoms in total. The predicted octanol–water partition coefficient (Wildman–Crippen LogP) is 4.10. The smallest absolute Gasteiger partial charge is 0.251 e. The summed E-state index contributed by atoms with van der Waals surface area (Å²) in [7, 11) is 1.50. The van der Waals surface area contributed by atoms with Gasteiger partial charge in [-0.3, -0.25) is 9.59 Å². The average Bonchev–Trinajstić information content (AvgIpc) is 3.71. The van der Waals surface area contributed by atoms with Crippen LogP contribution in [0.2, 0.25) is 0 Å². The second-order valence-corrected chi connectivity index (χ2v) is 8.59. The van der Waals surface area contributed by atoms with Gasteiger partial charge in [-0.1, -0.05) is 0 Å². The number of rotatable bonds is 10. The number of ether oxygens (including phenoxy) is 2. The van der Waals surface area contributed by atoms with Crippen molar-refractivity contribution in [2.45, 2.75) is 26.4 Å². The SMILES string of the molecule is COc1cc(C(=O)NCC(=O)c2cc(CO)cc(-c3ccc(F)c(C)c3)n2)ccc1OCC1CC1. The molecule has 1 saturated carbocycles. The Labute approximate surface area is 202 Å². The number of aryl methyl sites for hydroxylation is 1. The highest BCUT2D eigenvalue weighted by Gasteiger charge is 2.23. The number of Topliss-reactive ketones (excluding diaryl/α,β-unsaturated/α-hetero) is 1. The zero-order valence-electron chi connectivity index (χ0n) is 19.6. The van der Waals surface area contributed by atoms with Crippen molar-refractivity contribution in [2.75, 3.05) is 20.3 Å². The number of aliphatic hydroxyl groups is 1. The number of nitrogens with zero attached hydrogens (tertiary/aromatic N) is 1. The van der Waals surface area contributed by atoms with Crippen LogP contribution in [0, 0.1) is 18.7 Å². The molecule has 4 rings (SSSR count). The topological polar surface area (TPSA) is 97.8 Å². The first kappa shape index (κ1) is 24.3. The standard InChI is InChI=1S/C27H27FN2O5/c1-16-9-19(5-7-21(16)28)22-10-18(14-31)11-23(30-22)24(32)13-29-27(33)20-6-8-25(26(12-20)34-2)35-15-17-3-4-17/h5-12,17,31H,3-4,13-15H2,1-2H3,(H,29,33). The molecule has 1 fully saturated rings. The molecule has 8 heteroatoms. The van der Waals surface area contributed by atoms with Gasteiger partial charge in [0, 0.05) is 11.1 Å². The first-order chi connectivity index (χ1) is 16.9.